The molecule has 0 saturated carbocycles. The van der Waals surface area contributed by atoms with Crippen molar-refractivity contribution in [1.29, 1.82) is 0 Å². The molecule has 0 radical (unpaired) electrons. The first-order chi connectivity index (χ1) is 8.49. The summed E-state index contributed by atoms with van der Waals surface area (Å²) in [5.41, 5.74) is 1.80. The topological polar surface area (TPSA) is 59.1 Å². The van der Waals surface area contributed by atoms with E-state index in [2.05, 4.69) is 25.6 Å². The first kappa shape index (κ1) is 13.7. The van der Waals surface area contributed by atoms with Crippen LogP contribution in [0.15, 0.2) is 38.6 Å². The van der Waals surface area contributed by atoms with Crippen molar-refractivity contribution < 1.29 is 8.42 Å². The van der Waals surface area contributed by atoms with E-state index < -0.39 is 10.0 Å². The SMILES string of the molecule is Cc1cc(S(=O)(=O)NCc2ccncc2)sc1Br. The van der Waals surface area contributed by atoms with Crippen molar-refractivity contribution in [2.75, 3.05) is 0 Å². The molecule has 4 nitrogen and oxygen atoms in total. The quantitative estimate of drug-likeness (QED) is 0.925. The Morgan fingerprint density at radius 2 is 2.06 bits per heavy atom. The van der Waals surface area contributed by atoms with E-state index in [1.807, 2.05) is 6.92 Å². The molecule has 0 aliphatic heterocycles. The molecule has 0 aromatic carbocycles. The number of hydrogen-bond acceptors (Lipinski definition) is 4. The molecular weight excluding hydrogens is 336 g/mol. The number of thiophene rings is 1. The highest BCUT2D eigenvalue weighted by Crippen LogP contribution is 2.30. The maximum atomic E-state index is 12.0. The van der Waals surface area contributed by atoms with E-state index >= 15 is 0 Å². The van der Waals surface area contributed by atoms with Gasteiger partial charge < -0.3 is 0 Å². The summed E-state index contributed by atoms with van der Waals surface area (Å²) in [6.45, 7) is 2.13. The molecule has 18 heavy (non-hydrogen) atoms. The second-order valence-corrected chi connectivity index (χ2v) is 8.07. The van der Waals surface area contributed by atoms with Crippen LogP contribution in [-0.4, -0.2) is 13.4 Å². The van der Waals surface area contributed by atoms with Crippen molar-refractivity contribution in [2.24, 2.45) is 0 Å². The van der Waals surface area contributed by atoms with E-state index in [-0.39, 0.29) is 6.54 Å². The van der Waals surface area contributed by atoms with Gasteiger partial charge in [0.2, 0.25) is 10.0 Å². The molecular formula is C11H11BrN2O2S2. The van der Waals surface area contributed by atoms with Crippen LogP contribution < -0.4 is 4.72 Å². The van der Waals surface area contributed by atoms with Gasteiger partial charge in [-0.25, -0.2) is 13.1 Å². The van der Waals surface area contributed by atoms with Gasteiger partial charge in [-0.05, 0) is 52.2 Å². The molecule has 2 aromatic heterocycles. The van der Waals surface area contributed by atoms with Crippen LogP contribution in [-0.2, 0) is 16.6 Å². The molecule has 0 fully saturated rings. The van der Waals surface area contributed by atoms with Gasteiger partial charge >= 0.3 is 0 Å². The van der Waals surface area contributed by atoms with Crippen molar-refractivity contribution in [3.63, 3.8) is 0 Å². The fraction of sp³-hybridized carbons (Fsp3) is 0.182. The number of hydrogen-bond donors (Lipinski definition) is 1. The first-order valence-corrected chi connectivity index (χ1v) is 8.23. The normalized spacial score (nSPS) is 11.7. The van der Waals surface area contributed by atoms with Gasteiger partial charge in [0.05, 0.1) is 3.79 Å². The summed E-state index contributed by atoms with van der Waals surface area (Å²) in [4.78, 5) is 3.88. The molecule has 0 aliphatic carbocycles. The molecule has 96 valence electrons. The van der Waals surface area contributed by atoms with Gasteiger partial charge in [0.1, 0.15) is 4.21 Å². The summed E-state index contributed by atoms with van der Waals surface area (Å²) >= 11 is 4.53. The Balaban J connectivity index is 2.13. The minimum absolute atomic E-state index is 0.263. The number of pyridine rings is 1. The van der Waals surface area contributed by atoms with Gasteiger partial charge in [-0.2, -0.15) is 0 Å². The van der Waals surface area contributed by atoms with E-state index in [1.54, 1.807) is 30.6 Å². The van der Waals surface area contributed by atoms with Gasteiger partial charge in [-0.15, -0.1) is 11.3 Å². The number of nitrogens with one attached hydrogen (secondary N) is 1. The van der Waals surface area contributed by atoms with E-state index in [0.717, 1.165) is 14.9 Å². The lowest BCUT2D eigenvalue weighted by Crippen LogP contribution is -2.22. The predicted molar refractivity (Wildman–Crippen MR) is 75.0 cm³/mol. The lowest BCUT2D eigenvalue weighted by molar-refractivity contribution is 0.583. The maximum absolute atomic E-state index is 12.0. The van der Waals surface area contributed by atoms with E-state index in [1.165, 1.54) is 11.3 Å². The van der Waals surface area contributed by atoms with Crippen molar-refractivity contribution in [3.8, 4) is 0 Å². The standard InChI is InChI=1S/C11H11BrN2O2S2/c1-8-6-10(17-11(8)12)18(15,16)14-7-9-2-4-13-5-3-9/h2-6,14H,7H2,1H3. The first-order valence-electron chi connectivity index (χ1n) is 5.13. The van der Waals surface area contributed by atoms with E-state index in [9.17, 15) is 8.42 Å². The Hall–Kier alpha value is -0.760. The third-order valence-corrected chi connectivity index (χ3v) is 6.33. The van der Waals surface area contributed by atoms with Crippen LogP contribution >= 0.6 is 27.3 Å². The van der Waals surface area contributed by atoms with Crippen LogP contribution in [0, 0.1) is 6.92 Å². The average Bonchev–Trinajstić information content (AvgIpc) is 2.70. The molecule has 7 heteroatoms. The molecule has 0 saturated heterocycles. The number of sulfonamides is 1. The van der Waals surface area contributed by atoms with Crippen LogP contribution in [0.3, 0.4) is 0 Å². The summed E-state index contributed by atoms with van der Waals surface area (Å²) in [5.74, 6) is 0. The van der Waals surface area contributed by atoms with Crippen LogP contribution in [0.4, 0.5) is 0 Å². The molecule has 0 unspecified atom stereocenters. The predicted octanol–water partition coefficient (Wildman–Crippen LogP) is 2.69. The Bertz CT molecular complexity index is 619. The molecule has 0 spiro atoms. The van der Waals surface area contributed by atoms with Gasteiger partial charge in [0.15, 0.2) is 0 Å². The molecule has 1 N–H and O–H groups in total. The average molecular weight is 347 g/mol. The van der Waals surface area contributed by atoms with Gasteiger partial charge in [-0.1, -0.05) is 0 Å². The summed E-state index contributed by atoms with van der Waals surface area (Å²) in [7, 11) is -3.44. The molecule has 2 heterocycles. The molecule has 0 amide bonds. The number of halogens is 1. The van der Waals surface area contributed by atoms with Gasteiger partial charge in [0, 0.05) is 18.9 Å². The lowest BCUT2D eigenvalue weighted by atomic mass is 10.3. The zero-order valence-corrected chi connectivity index (χ0v) is 12.8. The highest BCUT2D eigenvalue weighted by molar-refractivity contribution is 9.11. The summed E-state index contributed by atoms with van der Waals surface area (Å²) in [5, 5.41) is 0. The van der Waals surface area contributed by atoms with Crippen LogP contribution in [0.1, 0.15) is 11.1 Å². The Morgan fingerprint density at radius 1 is 1.39 bits per heavy atom. The zero-order valence-electron chi connectivity index (χ0n) is 9.55. The number of rotatable bonds is 4. The third kappa shape index (κ3) is 3.17. The zero-order chi connectivity index (χ0) is 13.2. The highest BCUT2D eigenvalue weighted by Gasteiger charge is 2.17. The Kier molecular flexibility index (Phi) is 4.16. The fourth-order valence-corrected chi connectivity index (χ4v) is 4.60. The highest BCUT2D eigenvalue weighted by atomic mass is 79.9. The molecule has 0 atom stereocenters. The molecule has 2 aromatic rings. The third-order valence-electron chi connectivity index (χ3n) is 2.32. The minimum atomic E-state index is -3.44. The van der Waals surface area contributed by atoms with Crippen molar-refractivity contribution in [2.45, 2.75) is 17.7 Å². The van der Waals surface area contributed by atoms with Crippen molar-refractivity contribution in [1.82, 2.24) is 9.71 Å². The molecule has 2 rings (SSSR count). The second-order valence-electron chi connectivity index (χ2n) is 3.70. The van der Waals surface area contributed by atoms with Crippen molar-refractivity contribution >= 4 is 37.3 Å². The Labute approximate surface area is 118 Å². The number of aromatic nitrogens is 1. The molecule has 0 bridgehead atoms. The fourth-order valence-electron chi connectivity index (χ4n) is 1.31. The van der Waals surface area contributed by atoms with Crippen LogP contribution in [0.5, 0.6) is 0 Å². The summed E-state index contributed by atoms with van der Waals surface area (Å²) in [6.07, 6.45) is 3.27. The van der Waals surface area contributed by atoms with Crippen LogP contribution in [0.2, 0.25) is 0 Å². The van der Waals surface area contributed by atoms with Gasteiger partial charge in [-0.3, -0.25) is 4.98 Å². The van der Waals surface area contributed by atoms with E-state index in [0.29, 0.717) is 4.21 Å². The number of nitrogens with zero attached hydrogens (tertiary/aromatic N) is 1. The Morgan fingerprint density at radius 3 is 2.61 bits per heavy atom. The monoisotopic (exact) mass is 346 g/mol. The summed E-state index contributed by atoms with van der Waals surface area (Å²) < 4.78 is 27.8. The van der Waals surface area contributed by atoms with E-state index in [4.69, 9.17) is 0 Å². The second kappa shape index (κ2) is 5.48. The smallest absolute Gasteiger partial charge is 0.250 e. The lowest BCUT2D eigenvalue weighted by Gasteiger charge is -2.04. The maximum Gasteiger partial charge on any atom is 0.250 e. The molecule has 0 aliphatic rings. The minimum Gasteiger partial charge on any atom is -0.265 e. The van der Waals surface area contributed by atoms with Crippen LogP contribution in [0.25, 0.3) is 0 Å². The van der Waals surface area contributed by atoms with Gasteiger partial charge in [0.25, 0.3) is 0 Å². The number of aryl methyl sites for hydroxylation is 1. The summed E-state index contributed by atoms with van der Waals surface area (Å²) in [6, 6.07) is 5.21. The van der Waals surface area contributed by atoms with Crippen molar-refractivity contribution in [3.05, 3.63) is 45.5 Å². The largest absolute Gasteiger partial charge is 0.265 e.